The molecule has 0 bridgehead atoms. The van der Waals surface area contributed by atoms with Crippen LogP contribution in [0.3, 0.4) is 0 Å². The van der Waals surface area contributed by atoms with Crippen LogP contribution in [-0.2, 0) is 0 Å². The van der Waals surface area contributed by atoms with Gasteiger partial charge in [-0.25, -0.2) is 4.98 Å². The van der Waals surface area contributed by atoms with Crippen molar-refractivity contribution >= 4 is 17.2 Å². The van der Waals surface area contributed by atoms with Gasteiger partial charge in [0.2, 0.25) is 5.88 Å². The lowest BCUT2D eigenvalue weighted by atomic mass is 10.1. The maximum atomic E-state index is 5.63. The molecule has 0 radical (unpaired) electrons. The number of aromatic nitrogens is 1. The Morgan fingerprint density at radius 2 is 2.44 bits per heavy atom. The van der Waals surface area contributed by atoms with Gasteiger partial charge in [-0.1, -0.05) is 12.2 Å². The number of rotatable bonds is 5. The Bertz CT molecular complexity index is 407. The van der Waals surface area contributed by atoms with Gasteiger partial charge in [-0.3, -0.25) is 0 Å². The highest BCUT2D eigenvalue weighted by Crippen LogP contribution is 2.18. The van der Waals surface area contributed by atoms with E-state index in [1.807, 2.05) is 12.1 Å². The van der Waals surface area contributed by atoms with Crippen LogP contribution in [0.15, 0.2) is 18.3 Å². The van der Waals surface area contributed by atoms with Crippen molar-refractivity contribution in [2.45, 2.75) is 25.3 Å². The average Bonchev–Trinajstić information content (AvgIpc) is 2.76. The minimum Gasteiger partial charge on any atom is -0.478 e. The fraction of sp³-hybridized carbons (Fsp3) is 0.538. The molecule has 0 aromatic carbocycles. The summed E-state index contributed by atoms with van der Waals surface area (Å²) in [5, 5.41) is 0. The quantitative estimate of drug-likeness (QED) is 0.819. The Morgan fingerprint density at radius 1 is 1.61 bits per heavy atom. The molecule has 0 saturated carbocycles. The van der Waals surface area contributed by atoms with E-state index in [4.69, 9.17) is 22.7 Å². The van der Waals surface area contributed by atoms with Crippen LogP contribution in [-0.4, -0.2) is 41.1 Å². The highest BCUT2D eigenvalue weighted by atomic mass is 32.1. The highest BCUT2D eigenvalue weighted by molar-refractivity contribution is 7.80. The largest absolute Gasteiger partial charge is 0.478 e. The van der Waals surface area contributed by atoms with Gasteiger partial charge in [0.25, 0.3) is 0 Å². The zero-order valence-corrected chi connectivity index (χ0v) is 11.4. The third-order valence-electron chi connectivity index (χ3n) is 3.39. The van der Waals surface area contributed by atoms with Crippen LogP contribution in [0, 0.1) is 0 Å². The molecule has 2 N–H and O–H groups in total. The van der Waals surface area contributed by atoms with Gasteiger partial charge in [0.1, 0.15) is 4.99 Å². The van der Waals surface area contributed by atoms with Crippen molar-refractivity contribution in [3.63, 3.8) is 0 Å². The van der Waals surface area contributed by atoms with Gasteiger partial charge in [-0.05, 0) is 38.9 Å². The minimum absolute atomic E-state index is 0.363. The first kappa shape index (κ1) is 13.2. The number of hydrogen-bond acceptors (Lipinski definition) is 4. The van der Waals surface area contributed by atoms with Gasteiger partial charge in [0.15, 0.2) is 0 Å². The van der Waals surface area contributed by atoms with E-state index in [1.54, 1.807) is 6.20 Å². The molecule has 1 unspecified atom stereocenters. The van der Waals surface area contributed by atoms with Gasteiger partial charge >= 0.3 is 0 Å². The summed E-state index contributed by atoms with van der Waals surface area (Å²) in [4.78, 5) is 6.94. The normalized spacial score (nSPS) is 19.9. The standard InChI is InChI=1S/C13H19N3OS/c1-16-7-2-3-11(16)6-8-17-12-5-4-10(9-15-12)13(14)18/h4-5,9,11H,2-3,6-8H2,1H3,(H2,14,18). The zero-order chi connectivity index (χ0) is 13.0. The molecular formula is C13H19N3OS. The maximum Gasteiger partial charge on any atom is 0.213 e. The lowest BCUT2D eigenvalue weighted by Crippen LogP contribution is -2.26. The summed E-state index contributed by atoms with van der Waals surface area (Å²) in [7, 11) is 2.17. The summed E-state index contributed by atoms with van der Waals surface area (Å²) < 4.78 is 5.63. The lowest BCUT2D eigenvalue weighted by Gasteiger charge is -2.19. The van der Waals surface area contributed by atoms with E-state index < -0.39 is 0 Å². The molecule has 1 saturated heterocycles. The first-order valence-corrected chi connectivity index (χ1v) is 6.66. The third-order valence-corrected chi connectivity index (χ3v) is 3.63. The Balaban J connectivity index is 1.78. The summed E-state index contributed by atoms with van der Waals surface area (Å²) in [6.07, 6.45) is 5.27. The second-order valence-corrected chi connectivity index (χ2v) is 5.10. The van der Waals surface area contributed by atoms with Crippen LogP contribution < -0.4 is 10.5 Å². The smallest absolute Gasteiger partial charge is 0.213 e. The number of nitrogens with zero attached hydrogens (tertiary/aromatic N) is 2. The molecule has 98 valence electrons. The van der Waals surface area contributed by atoms with Crippen molar-refractivity contribution in [1.29, 1.82) is 0 Å². The van der Waals surface area contributed by atoms with E-state index >= 15 is 0 Å². The van der Waals surface area contributed by atoms with E-state index in [-0.39, 0.29) is 0 Å². The van der Waals surface area contributed by atoms with Crippen LogP contribution >= 0.6 is 12.2 Å². The molecule has 1 fully saturated rings. The second kappa shape index (κ2) is 6.11. The first-order valence-electron chi connectivity index (χ1n) is 6.25. The molecule has 1 aliphatic rings. The van der Waals surface area contributed by atoms with Gasteiger partial charge in [-0.15, -0.1) is 0 Å². The van der Waals surface area contributed by atoms with Crippen molar-refractivity contribution in [2.75, 3.05) is 20.2 Å². The Kier molecular flexibility index (Phi) is 4.49. The first-order chi connectivity index (χ1) is 8.66. The predicted octanol–water partition coefficient (Wildman–Crippen LogP) is 1.58. The van der Waals surface area contributed by atoms with Crippen LogP contribution in [0.1, 0.15) is 24.8 Å². The SMILES string of the molecule is CN1CCCC1CCOc1ccc(C(N)=S)cn1. The molecule has 2 rings (SSSR count). The van der Waals surface area contributed by atoms with Crippen LogP contribution in [0.5, 0.6) is 5.88 Å². The molecule has 1 aromatic rings. The van der Waals surface area contributed by atoms with E-state index in [0.717, 1.165) is 12.0 Å². The van der Waals surface area contributed by atoms with Crippen LogP contribution in [0.25, 0.3) is 0 Å². The fourth-order valence-electron chi connectivity index (χ4n) is 2.25. The Hall–Kier alpha value is -1.20. The van der Waals surface area contributed by atoms with Gasteiger partial charge in [0.05, 0.1) is 6.61 Å². The number of pyridine rings is 1. The molecule has 0 aliphatic carbocycles. The molecule has 4 nitrogen and oxygen atoms in total. The van der Waals surface area contributed by atoms with E-state index in [1.165, 1.54) is 19.4 Å². The molecule has 0 amide bonds. The van der Waals surface area contributed by atoms with Gasteiger partial charge in [-0.2, -0.15) is 0 Å². The minimum atomic E-state index is 0.363. The molecule has 1 aromatic heterocycles. The molecule has 2 heterocycles. The Morgan fingerprint density at radius 3 is 3.00 bits per heavy atom. The number of likely N-dealkylation sites (tertiary alicyclic amines) is 1. The van der Waals surface area contributed by atoms with Crippen molar-refractivity contribution in [3.8, 4) is 5.88 Å². The van der Waals surface area contributed by atoms with Crippen molar-refractivity contribution in [2.24, 2.45) is 5.73 Å². The lowest BCUT2D eigenvalue weighted by molar-refractivity contribution is 0.228. The van der Waals surface area contributed by atoms with Gasteiger partial charge in [0, 0.05) is 23.9 Å². The fourth-order valence-corrected chi connectivity index (χ4v) is 2.38. The topological polar surface area (TPSA) is 51.4 Å². The van der Waals surface area contributed by atoms with E-state index in [2.05, 4.69) is 16.9 Å². The highest BCUT2D eigenvalue weighted by Gasteiger charge is 2.20. The van der Waals surface area contributed by atoms with Crippen molar-refractivity contribution in [3.05, 3.63) is 23.9 Å². The van der Waals surface area contributed by atoms with E-state index in [0.29, 0.717) is 23.5 Å². The summed E-state index contributed by atoms with van der Waals surface area (Å²) in [6, 6.07) is 4.31. The maximum absolute atomic E-state index is 5.63. The summed E-state index contributed by atoms with van der Waals surface area (Å²) >= 11 is 4.87. The van der Waals surface area contributed by atoms with Crippen LogP contribution in [0.2, 0.25) is 0 Å². The van der Waals surface area contributed by atoms with Gasteiger partial charge < -0.3 is 15.4 Å². The number of hydrogen-bond donors (Lipinski definition) is 1. The molecule has 1 atom stereocenters. The summed E-state index contributed by atoms with van der Waals surface area (Å²) in [5.74, 6) is 0.635. The number of thiocarbonyl (C=S) groups is 1. The molecule has 1 aliphatic heterocycles. The second-order valence-electron chi connectivity index (χ2n) is 4.66. The summed E-state index contributed by atoms with van der Waals surface area (Å²) in [5.41, 5.74) is 6.28. The molecule has 0 spiro atoms. The van der Waals surface area contributed by atoms with Crippen LogP contribution in [0.4, 0.5) is 0 Å². The number of ether oxygens (including phenoxy) is 1. The number of nitrogens with two attached hydrogens (primary N) is 1. The predicted molar refractivity (Wildman–Crippen MR) is 75.9 cm³/mol. The molecule has 18 heavy (non-hydrogen) atoms. The van der Waals surface area contributed by atoms with Crippen molar-refractivity contribution < 1.29 is 4.74 Å². The van der Waals surface area contributed by atoms with E-state index in [9.17, 15) is 0 Å². The molecule has 5 heteroatoms. The Labute approximate surface area is 113 Å². The monoisotopic (exact) mass is 265 g/mol. The van der Waals surface area contributed by atoms with Crippen molar-refractivity contribution in [1.82, 2.24) is 9.88 Å². The summed E-state index contributed by atoms with van der Waals surface area (Å²) in [6.45, 7) is 1.90. The molecular weight excluding hydrogens is 246 g/mol. The zero-order valence-electron chi connectivity index (χ0n) is 10.6. The third kappa shape index (κ3) is 3.40. The average molecular weight is 265 g/mol.